The smallest absolute Gasteiger partial charge is 0.272 e. The topological polar surface area (TPSA) is 93.7 Å². The Morgan fingerprint density at radius 3 is 2.20 bits per heavy atom. The highest BCUT2D eigenvalue weighted by atomic mass is 16.5. The van der Waals surface area contributed by atoms with Crippen LogP contribution in [-0.4, -0.2) is 31.8 Å². The predicted octanol–water partition coefficient (Wildman–Crippen LogP) is 6.32. The molecule has 0 radical (unpaired) electrons. The molecule has 2 N–H and O–H groups in total. The lowest BCUT2D eigenvalue weighted by Gasteiger charge is -2.13. The molecule has 0 fully saturated rings. The van der Waals surface area contributed by atoms with E-state index in [4.69, 9.17) is 9.47 Å². The zero-order valence-corrected chi connectivity index (χ0v) is 23.0. The number of aryl methyl sites for hydroxylation is 1. The molecule has 0 spiro atoms. The molecular weight excluding hydrogens is 516 g/mol. The molecular formula is C34H30N2O5. The number of methoxy groups -OCH3 is 2. The number of amides is 2. The number of hydrogen-bond acceptors (Lipinski definition) is 5. The van der Waals surface area contributed by atoms with Crippen molar-refractivity contribution in [3.05, 3.63) is 137 Å². The quantitative estimate of drug-likeness (QED) is 0.179. The predicted molar refractivity (Wildman–Crippen MR) is 161 cm³/mol. The Bertz CT molecular complexity index is 1610. The minimum absolute atomic E-state index is 0.00773. The lowest BCUT2D eigenvalue weighted by atomic mass is 10.1. The van der Waals surface area contributed by atoms with Crippen molar-refractivity contribution < 1.29 is 23.9 Å². The van der Waals surface area contributed by atoms with Gasteiger partial charge in [-0.3, -0.25) is 14.4 Å². The van der Waals surface area contributed by atoms with Crippen LogP contribution < -0.4 is 20.1 Å². The van der Waals surface area contributed by atoms with E-state index in [1.807, 2.05) is 31.2 Å². The Morgan fingerprint density at radius 2 is 1.51 bits per heavy atom. The number of carbonyl (C=O) groups excluding carboxylic acids is 3. The summed E-state index contributed by atoms with van der Waals surface area (Å²) in [6.07, 6.45) is 4.81. The summed E-state index contributed by atoms with van der Waals surface area (Å²) in [5.74, 6) is -0.118. The van der Waals surface area contributed by atoms with Crippen molar-refractivity contribution in [3.63, 3.8) is 0 Å². The van der Waals surface area contributed by atoms with Crippen LogP contribution in [0.2, 0.25) is 0 Å². The highest BCUT2D eigenvalue weighted by Gasteiger charge is 2.17. The van der Waals surface area contributed by atoms with Crippen LogP contribution in [0.3, 0.4) is 0 Å². The minimum Gasteiger partial charge on any atom is -0.497 e. The SMILES string of the molecule is COc1ccc(OC)c(/C=C(\NC(=O)c2ccccc2)C(=O)Nc2ccc(C(=O)/C=C/c3cccc(C)c3)cc2)c1. The highest BCUT2D eigenvalue weighted by molar-refractivity contribution is 6.11. The van der Waals surface area contributed by atoms with Crippen molar-refractivity contribution >= 4 is 35.4 Å². The van der Waals surface area contributed by atoms with Crippen molar-refractivity contribution in [2.45, 2.75) is 6.92 Å². The van der Waals surface area contributed by atoms with Gasteiger partial charge in [-0.25, -0.2) is 0 Å². The summed E-state index contributed by atoms with van der Waals surface area (Å²) in [7, 11) is 3.05. The summed E-state index contributed by atoms with van der Waals surface area (Å²) in [4.78, 5) is 39.0. The van der Waals surface area contributed by atoms with Gasteiger partial charge in [-0.05, 0) is 79.2 Å². The molecule has 0 bridgehead atoms. The van der Waals surface area contributed by atoms with E-state index >= 15 is 0 Å². The molecule has 0 aliphatic rings. The summed E-state index contributed by atoms with van der Waals surface area (Å²) in [6, 6.07) is 28.1. The summed E-state index contributed by atoms with van der Waals surface area (Å²) in [5.41, 5.74) is 3.89. The molecule has 0 saturated heterocycles. The lowest BCUT2D eigenvalue weighted by Crippen LogP contribution is -2.30. The number of anilines is 1. The number of benzene rings is 4. The van der Waals surface area contributed by atoms with Gasteiger partial charge in [-0.1, -0.05) is 54.1 Å². The Kier molecular flexibility index (Phi) is 9.46. The average molecular weight is 547 g/mol. The Balaban J connectivity index is 1.55. The van der Waals surface area contributed by atoms with Crippen LogP contribution in [0.25, 0.3) is 12.2 Å². The van der Waals surface area contributed by atoms with Crippen molar-refractivity contribution in [1.29, 1.82) is 0 Å². The van der Waals surface area contributed by atoms with E-state index in [0.717, 1.165) is 11.1 Å². The van der Waals surface area contributed by atoms with Gasteiger partial charge in [0.2, 0.25) is 0 Å². The highest BCUT2D eigenvalue weighted by Crippen LogP contribution is 2.26. The van der Waals surface area contributed by atoms with Crippen molar-refractivity contribution in [3.8, 4) is 11.5 Å². The Labute approximate surface area is 239 Å². The van der Waals surface area contributed by atoms with Gasteiger partial charge in [0.05, 0.1) is 14.2 Å². The molecule has 4 rings (SSSR count). The van der Waals surface area contributed by atoms with Gasteiger partial charge in [0.25, 0.3) is 11.8 Å². The average Bonchev–Trinajstić information content (AvgIpc) is 3.00. The van der Waals surface area contributed by atoms with Gasteiger partial charge >= 0.3 is 0 Å². The zero-order chi connectivity index (χ0) is 29.2. The van der Waals surface area contributed by atoms with Crippen molar-refractivity contribution in [1.82, 2.24) is 5.32 Å². The lowest BCUT2D eigenvalue weighted by molar-refractivity contribution is -0.113. The molecule has 0 unspecified atom stereocenters. The first-order valence-electron chi connectivity index (χ1n) is 12.9. The zero-order valence-electron chi connectivity index (χ0n) is 23.0. The molecule has 4 aromatic carbocycles. The number of ketones is 1. The molecule has 0 aromatic heterocycles. The van der Waals surface area contributed by atoms with Crippen molar-refractivity contribution in [2.24, 2.45) is 0 Å². The molecule has 0 saturated carbocycles. The number of allylic oxidation sites excluding steroid dienone is 1. The summed E-state index contributed by atoms with van der Waals surface area (Å²) < 4.78 is 10.8. The molecule has 0 atom stereocenters. The maximum atomic E-state index is 13.4. The second-order valence-electron chi connectivity index (χ2n) is 9.13. The van der Waals surface area contributed by atoms with Crippen molar-refractivity contribution in [2.75, 3.05) is 19.5 Å². The van der Waals surface area contributed by atoms with Gasteiger partial charge in [0.15, 0.2) is 5.78 Å². The summed E-state index contributed by atoms with van der Waals surface area (Å²) in [5, 5.41) is 5.50. The van der Waals surface area contributed by atoms with Gasteiger partial charge in [0, 0.05) is 22.4 Å². The van der Waals surface area contributed by atoms with E-state index in [0.29, 0.717) is 33.9 Å². The van der Waals surface area contributed by atoms with Gasteiger partial charge in [-0.15, -0.1) is 0 Å². The molecule has 7 nitrogen and oxygen atoms in total. The molecule has 7 heteroatoms. The van der Waals surface area contributed by atoms with E-state index in [1.54, 1.807) is 78.9 Å². The molecule has 206 valence electrons. The molecule has 41 heavy (non-hydrogen) atoms. The maximum absolute atomic E-state index is 13.4. The summed E-state index contributed by atoms with van der Waals surface area (Å²) >= 11 is 0. The van der Waals surface area contributed by atoms with Crippen LogP contribution in [0.5, 0.6) is 11.5 Å². The third kappa shape index (κ3) is 7.80. The minimum atomic E-state index is -0.558. The fourth-order valence-electron chi connectivity index (χ4n) is 4.01. The molecule has 4 aromatic rings. The largest absolute Gasteiger partial charge is 0.497 e. The number of ether oxygens (including phenoxy) is 2. The van der Waals surface area contributed by atoms with Crippen LogP contribution in [0, 0.1) is 6.92 Å². The first kappa shape index (κ1) is 28.6. The van der Waals surface area contributed by atoms with E-state index in [-0.39, 0.29) is 11.5 Å². The monoisotopic (exact) mass is 546 g/mol. The fourth-order valence-corrected chi connectivity index (χ4v) is 4.01. The van der Waals surface area contributed by atoms with Crippen LogP contribution in [0.4, 0.5) is 5.69 Å². The van der Waals surface area contributed by atoms with E-state index in [9.17, 15) is 14.4 Å². The first-order valence-corrected chi connectivity index (χ1v) is 12.9. The third-order valence-electron chi connectivity index (χ3n) is 6.16. The third-order valence-corrected chi connectivity index (χ3v) is 6.16. The van der Waals surface area contributed by atoms with Crippen LogP contribution >= 0.6 is 0 Å². The van der Waals surface area contributed by atoms with Gasteiger partial charge < -0.3 is 20.1 Å². The Morgan fingerprint density at radius 1 is 0.756 bits per heavy atom. The number of nitrogens with one attached hydrogen (secondary N) is 2. The van der Waals surface area contributed by atoms with Crippen LogP contribution in [-0.2, 0) is 4.79 Å². The Hall–Kier alpha value is -5.43. The van der Waals surface area contributed by atoms with E-state index in [1.165, 1.54) is 26.4 Å². The molecule has 0 heterocycles. The summed E-state index contributed by atoms with van der Waals surface area (Å²) in [6.45, 7) is 1.99. The second-order valence-corrected chi connectivity index (χ2v) is 9.13. The fraction of sp³-hybridized carbons (Fsp3) is 0.0882. The second kappa shape index (κ2) is 13.6. The molecule has 0 aliphatic heterocycles. The normalized spacial score (nSPS) is 11.1. The standard InChI is InChI=1S/C34H30N2O5/c1-23-8-7-9-24(20-23)12-18-31(37)25-13-15-28(16-14-25)35-34(39)30(36-33(38)26-10-5-4-6-11-26)22-27-21-29(40-2)17-19-32(27)41-3/h4-22H,1-3H3,(H,35,39)(H,36,38)/b18-12+,30-22-. The maximum Gasteiger partial charge on any atom is 0.272 e. The van der Waals surface area contributed by atoms with E-state index in [2.05, 4.69) is 10.6 Å². The van der Waals surface area contributed by atoms with Gasteiger partial charge in [0.1, 0.15) is 17.2 Å². The van der Waals surface area contributed by atoms with E-state index < -0.39 is 11.8 Å². The first-order chi connectivity index (χ1) is 19.9. The van der Waals surface area contributed by atoms with Crippen LogP contribution in [0.1, 0.15) is 37.4 Å². The van der Waals surface area contributed by atoms with Gasteiger partial charge in [-0.2, -0.15) is 0 Å². The number of hydrogen-bond donors (Lipinski definition) is 2. The van der Waals surface area contributed by atoms with Crippen LogP contribution in [0.15, 0.2) is 109 Å². The number of rotatable bonds is 10. The molecule has 2 amide bonds. The number of carbonyl (C=O) groups is 3. The molecule has 0 aliphatic carbocycles.